The van der Waals surface area contributed by atoms with Crippen molar-refractivity contribution in [1.29, 1.82) is 0 Å². The van der Waals surface area contributed by atoms with Gasteiger partial charge in [-0.3, -0.25) is 4.79 Å². The molecule has 3 rings (SSSR count). The van der Waals surface area contributed by atoms with Crippen LogP contribution in [0.25, 0.3) is 0 Å². The fourth-order valence-electron chi connectivity index (χ4n) is 3.60. The molecule has 3 aromatic carbocycles. The summed E-state index contributed by atoms with van der Waals surface area (Å²) in [6, 6.07) is 27.7. The molecule has 0 aliphatic carbocycles. The standard InChI is InChI=1S/C28H30O7/c1-20(29)25(33-17-21-11-5-2-6-12-21)27(35-19-23-15-9-4-10-16-23)26(24(30)28(31)32)34-18-22-13-7-3-8-14-22/h2-16,20,25-27,29H,17-19H2,1H3,(H,31,32)/t20-,25+,26+,27+/m1/s1. The van der Waals surface area contributed by atoms with Crippen LogP contribution in [0.4, 0.5) is 0 Å². The number of ether oxygens (including phenoxy) is 3. The third-order valence-corrected chi connectivity index (χ3v) is 5.41. The zero-order chi connectivity index (χ0) is 25.0. The van der Waals surface area contributed by atoms with Crippen molar-refractivity contribution in [2.75, 3.05) is 0 Å². The van der Waals surface area contributed by atoms with Crippen molar-refractivity contribution >= 4 is 11.8 Å². The number of carbonyl (C=O) groups is 2. The summed E-state index contributed by atoms with van der Waals surface area (Å²) in [6.45, 7) is 1.70. The van der Waals surface area contributed by atoms with E-state index in [1.165, 1.54) is 6.92 Å². The molecule has 0 bridgehead atoms. The number of carboxylic acids is 1. The Morgan fingerprint density at radius 3 is 1.40 bits per heavy atom. The number of aliphatic carboxylic acids is 1. The molecule has 0 aliphatic rings. The van der Waals surface area contributed by atoms with Crippen molar-refractivity contribution in [3.8, 4) is 0 Å². The van der Waals surface area contributed by atoms with Gasteiger partial charge in [-0.05, 0) is 23.6 Å². The summed E-state index contributed by atoms with van der Waals surface area (Å²) in [4.78, 5) is 24.5. The Morgan fingerprint density at radius 2 is 1.03 bits per heavy atom. The molecule has 35 heavy (non-hydrogen) atoms. The monoisotopic (exact) mass is 478 g/mol. The molecule has 0 saturated carbocycles. The number of ketones is 1. The summed E-state index contributed by atoms with van der Waals surface area (Å²) in [5, 5.41) is 20.1. The van der Waals surface area contributed by atoms with Crippen molar-refractivity contribution in [1.82, 2.24) is 0 Å². The van der Waals surface area contributed by atoms with Gasteiger partial charge >= 0.3 is 5.97 Å². The highest BCUT2D eigenvalue weighted by Crippen LogP contribution is 2.21. The molecule has 0 saturated heterocycles. The predicted octanol–water partition coefficient (Wildman–Crippen LogP) is 3.78. The lowest BCUT2D eigenvalue weighted by Gasteiger charge is -2.34. The summed E-state index contributed by atoms with van der Waals surface area (Å²) in [5.74, 6) is -2.82. The molecule has 0 heterocycles. The highest BCUT2D eigenvalue weighted by Gasteiger charge is 2.41. The summed E-state index contributed by atoms with van der Waals surface area (Å²) in [5.41, 5.74) is 2.43. The van der Waals surface area contributed by atoms with Crippen LogP contribution in [0.3, 0.4) is 0 Å². The first-order valence-corrected chi connectivity index (χ1v) is 11.4. The minimum absolute atomic E-state index is 0.0130. The van der Waals surface area contributed by atoms with E-state index < -0.39 is 36.2 Å². The number of aliphatic hydroxyl groups excluding tert-OH is 1. The van der Waals surface area contributed by atoms with E-state index in [1.54, 1.807) is 12.1 Å². The van der Waals surface area contributed by atoms with Crippen LogP contribution in [0.1, 0.15) is 23.6 Å². The van der Waals surface area contributed by atoms with Gasteiger partial charge in [-0.15, -0.1) is 0 Å². The second-order valence-electron chi connectivity index (χ2n) is 8.15. The molecule has 2 N–H and O–H groups in total. The molecule has 0 aromatic heterocycles. The Balaban J connectivity index is 1.88. The molecule has 0 unspecified atom stereocenters. The van der Waals surface area contributed by atoms with Gasteiger partial charge in [0.05, 0.1) is 25.9 Å². The molecule has 7 nitrogen and oxygen atoms in total. The molecule has 0 amide bonds. The van der Waals surface area contributed by atoms with Gasteiger partial charge < -0.3 is 24.4 Å². The Morgan fingerprint density at radius 1 is 0.657 bits per heavy atom. The SMILES string of the molecule is C[C@@H](O)[C@H](OCc1ccccc1)[C@H](OCc1ccccc1)[C@@H](OCc1ccccc1)C(=O)C(=O)O. The Hall–Kier alpha value is -3.36. The van der Waals surface area contributed by atoms with Crippen LogP contribution < -0.4 is 0 Å². The number of benzene rings is 3. The van der Waals surface area contributed by atoms with Gasteiger partial charge in [0.25, 0.3) is 5.78 Å². The topological polar surface area (TPSA) is 102 Å². The lowest BCUT2D eigenvalue weighted by Crippen LogP contribution is -2.52. The van der Waals surface area contributed by atoms with Gasteiger partial charge in [-0.1, -0.05) is 91.0 Å². The molecule has 0 aliphatic heterocycles. The zero-order valence-corrected chi connectivity index (χ0v) is 19.5. The van der Waals surface area contributed by atoms with E-state index in [-0.39, 0.29) is 19.8 Å². The molecule has 3 aromatic rings. The van der Waals surface area contributed by atoms with Crippen molar-refractivity contribution in [3.05, 3.63) is 108 Å². The van der Waals surface area contributed by atoms with Crippen LogP contribution in [0.5, 0.6) is 0 Å². The number of hydrogen-bond acceptors (Lipinski definition) is 6. The Kier molecular flexibility index (Phi) is 10.1. The van der Waals surface area contributed by atoms with Gasteiger partial charge in [0.2, 0.25) is 0 Å². The quantitative estimate of drug-likeness (QED) is 0.340. The van der Waals surface area contributed by atoms with Crippen LogP contribution in [-0.4, -0.2) is 46.4 Å². The highest BCUT2D eigenvalue weighted by atomic mass is 16.6. The van der Waals surface area contributed by atoms with Crippen molar-refractivity contribution in [2.45, 2.75) is 51.2 Å². The van der Waals surface area contributed by atoms with Crippen LogP contribution >= 0.6 is 0 Å². The maximum Gasteiger partial charge on any atom is 0.375 e. The van der Waals surface area contributed by atoms with Crippen LogP contribution in [0, 0.1) is 0 Å². The highest BCUT2D eigenvalue weighted by molar-refractivity contribution is 6.34. The lowest BCUT2D eigenvalue weighted by molar-refractivity contribution is -0.186. The first-order valence-electron chi connectivity index (χ1n) is 11.4. The van der Waals surface area contributed by atoms with E-state index in [2.05, 4.69) is 0 Å². The molecule has 0 fully saturated rings. The van der Waals surface area contributed by atoms with Crippen molar-refractivity contribution in [2.24, 2.45) is 0 Å². The molecule has 7 heteroatoms. The predicted molar refractivity (Wildman–Crippen MR) is 129 cm³/mol. The maximum absolute atomic E-state index is 12.8. The van der Waals surface area contributed by atoms with Gasteiger partial charge in [0.1, 0.15) is 12.2 Å². The molecular formula is C28H30O7. The first-order chi connectivity index (χ1) is 17.0. The van der Waals surface area contributed by atoms with Crippen molar-refractivity contribution in [3.63, 3.8) is 0 Å². The van der Waals surface area contributed by atoms with E-state index in [0.29, 0.717) is 0 Å². The summed E-state index contributed by atoms with van der Waals surface area (Å²) >= 11 is 0. The normalized spacial score (nSPS) is 14.6. The average Bonchev–Trinajstić information content (AvgIpc) is 2.88. The first kappa shape index (κ1) is 26.2. The molecule has 0 radical (unpaired) electrons. The fraction of sp³-hybridized carbons (Fsp3) is 0.286. The number of hydrogen-bond donors (Lipinski definition) is 2. The van der Waals surface area contributed by atoms with Gasteiger partial charge in [0, 0.05) is 0 Å². The number of Topliss-reactive ketones (excluding diaryl/α,β-unsaturated/α-hetero) is 1. The Labute approximate surface area is 204 Å². The molecule has 184 valence electrons. The maximum atomic E-state index is 12.8. The number of carboxylic acid groups (broad SMARTS) is 1. The minimum atomic E-state index is -1.65. The van der Waals surface area contributed by atoms with E-state index >= 15 is 0 Å². The minimum Gasteiger partial charge on any atom is -0.475 e. The average molecular weight is 479 g/mol. The van der Waals surface area contributed by atoms with E-state index in [1.807, 2.05) is 78.9 Å². The number of rotatable bonds is 14. The van der Waals surface area contributed by atoms with Crippen molar-refractivity contribution < 1.29 is 34.0 Å². The summed E-state index contributed by atoms with van der Waals surface area (Å²) < 4.78 is 17.9. The van der Waals surface area contributed by atoms with Gasteiger partial charge in [-0.2, -0.15) is 0 Å². The number of carbonyl (C=O) groups excluding carboxylic acids is 1. The zero-order valence-electron chi connectivity index (χ0n) is 19.5. The second kappa shape index (κ2) is 13.5. The molecular weight excluding hydrogens is 448 g/mol. The lowest BCUT2D eigenvalue weighted by atomic mass is 9.99. The third-order valence-electron chi connectivity index (χ3n) is 5.41. The number of aliphatic hydroxyl groups is 1. The Bertz CT molecular complexity index is 1040. The second-order valence-corrected chi connectivity index (χ2v) is 8.15. The van der Waals surface area contributed by atoms with Crippen LogP contribution in [0.15, 0.2) is 91.0 Å². The summed E-state index contributed by atoms with van der Waals surface area (Å²) in [6.07, 6.45) is -4.81. The van der Waals surface area contributed by atoms with Gasteiger partial charge in [0.15, 0.2) is 6.10 Å². The largest absolute Gasteiger partial charge is 0.475 e. The van der Waals surface area contributed by atoms with E-state index in [0.717, 1.165) is 16.7 Å². The smallest absolute Gasteiger partial charge is 0.375 e. The molecule has 0 spiro atoms. The summed E-state index contributed by atoms with van der Waals surface area (Å²) in [7, 11) is 0. The third kappa shape index (κ3) is 8.12. The van der Waals surface area contributed by atoms with Gasteiger partial charge in [-0.25, -0.2) is 4.79 Å². The fourth-order valence-corrected chi connectivity index (χ4v) is 3.60. The molecule has 4 atom stereocenters. The van der Waals surface area contributed by atoms with Crippen LogP contribution in [-0.2, 0) is 43.6 Å². The van der Waals surface area contributed by atoms with E-state index in [9.17, 15) is 19.8 Å². The van der Waals surface area contributed by atoms with Crippen LogP contribution in [0.2, 0.25) is 0 Å². The van der Waals surface area contributed by atoms with E-state index in [4.69, 9.17) is 14.2 Å².